The van der Waals surface area contributed by atoms with Crippen LogP contribution >= 0.6 is 0 Å². The Labute approximate surface area is 197 Å². The van der Waals surface area contributed by atoms with Gasteiger partial charge in [0.15, 0.2) is 5.79 Å². The summed E-state index contributed by atoms with van der Waals surface area (Å²) in [5.74, 6) is -1.02. The second-order valence-corrected chi connectivity index (χ2v) is 9.32. The van der Waals surface area contributed by atoms with Crippen LogP contribution in [-0.2, 0) is 25.5 Å². The Morgan fingerprint density at radius 1 is 1.32 bits per heavy atom. The van der Waals surface area contributed by atoms with Crippen LogP contribution in [0.5, 0.6) is 0 Å². The number of carbonyl (C=O) groups is 1. The predicted octanol–water partition coefficient (Wildman–Crippen LogP) is -0.0518. The van der Waals surface area contributed by atoms with E-state index in [-0.39, 0.29) is 25.6 Å². The molecule has 0 aliphatic carbocycles. The number of nitrogens with zero attached hydrogens (tertiary/aromatic N) is 3. The molecule has 2 saturated heterocycles. The normalized spacial score (nSPS) is 25.8. The van der Waals surface area contributed by atoms with E-state index < -0.39 is 41.4 Å². The summed E-state index contributed by atoms with van der Waals surface area (Å²) in [6, 6.07) is 3.34. The first-order valence-electron chi connectivity index (χ1n) is 11.3. The zero-order chi connectivity index (χ0) is 24.5. The van der Waals surface area contributed by atoms with Gasteiger partial charge in [-0.1, -0.05) is 6.07 Å². The van der Waals surface area contributed by atoms with Gasteiger partial charge in [0.1, 0.15) is 18.3 Å². The molecule has 2 N–H and O–H groups in total. The molecule has 0 unspecified atom stereocenters. The van der Waals surface area contributed by atoms with Crippen LogP contribution in [0.4, 0.5) is 0 Å². The Bertz CT molecular complexity index is 1130. The number of rotatable bonds is 7. The average molecular weight is 474 g/mol. The Kier molecular flexibility index (Phi) is 6.99. The number of hydrogen-bond donors (Lipinski definition) is 2. The number of amides is 1. The molecule has 34 heavy (non-hydrogen) atoms. The zero-order valence-corrected chi connectivity index (χ0v) is 19.8. The maximum absolute atomic E-state index is 12.5. The second kappa shape index (κ2) is 9.79. The minimum atomic E-state index is -0.881. The number of ether oxygens (including phenoxy) is 3. The molecule has 2 fully saturated rings. The van der Waals surface area contributed by atoms with Gasteiger partial charge < -0.3 is 19.5 Å². The van der Waals surface area contributed by atoms with Crippen LogP contribution in [0.15, 0.2) is 40.3 Å². The lowest BCUT2D eigenvalue weighted by atomic mass is 9.97. The molecule has 184 valence electrons. The molecule has 1 amide bonds. The van der Waals surface area contributed by atoms with Gasteiger partial charge in [0.25, 0.3) is 5.56 Å². The first kappa shape index (κ1) is 24.3. The molecule has 4 atom stereocenters. The number of pyridine rings is 1. The van der Waals surface area contributed by atoms with Gasteiger partial charge in [0, 0.05) is 37.2 Å². The number of likely N-dealkylation sites (N-methyl/N-ethyl adjacent to an activating group) is 1. The van der Waals surface area contributed by atoms with Crippen LogP contribution in [0.1, 0.15) is 31.0 Å². The van der Waals surface area contributed by atoms with E-state index in [0.717, 1.165) is 5.56 Å². The third-order valence-electron chi connectivity index (χ3n) is 5.98. The number of aromatic nitrogens is 3. The van der Waals surface area contributed by atoms with Crippen LogP contribution in [-0.4, -0.2) is 76.2 Å². The molecule has 11 nitrogen and oxygen atoms in total. The summed E-state index contributed by atoms with van der Waals surface area (Å²) < 4.78 is 19.7. The van der Waals surface area contributed by atoms with Gasteiger partial charge in [-0.05, 0) is 39.4 Å². The smallest absolute Gasteiger partial charge is 0.328 e. The molecule has 0 radical (unpaired) electrons. The van der Waals surface area contributed by atoms with Crippen LogP contribution in [0.3, 0.4) is 0 Å². The first-order valence-corrected chi connectivity index (χ1v) is 11.3. The van der Waals surface area contributed by atoms with Gasteiger partial charge in [0.2, 0.25) is 5.91 Å². The third kappa shape index (κ3) is 5.44. The Morgan fingerprint density at radius 3 is 2.82 bits per heavy atom. The van der Waals surface area contributed by atoms with Gasteiger partial charge in [-0.15, -0.1) is 0 Å². The molecule has 0 bridgehead atoms. The van der Waals surface area contributed by atoms with Crippen molar-refractivity contribution in [2.45, 2.75) is 57.5 Å². The highest BCUT2D eigenvalue weighted by Gasteiger charge is 2.52. The molecule has 4 rings (SSSR count). The zero-order valence-electron chi connectivity index (χ0n) is 19.8. The molecule has 4 heterocycles. The average Bonchev–Trinajstić information content (AvgIpc) is 3.10. The Hall–Kier alpha value is -2.86. The van der Waals surface area contributed by atoms with E-state index in [1.165, 1.54) is 10.8 Å². The van der Waals surface area contributed by atoms with E-state index in [2.05, 4.69) is 15.3 Å². The van der Waals surface area contributed by atoms with E-state index in [0.29, 0.717) is 12.1 Å². The fraction of sp³-hybridized carbons (Fsp3) is 0.565. The summed E-state index contributed by atoms with van der Waals surface area (Å²) in [5, 5.41) is 2.92. The maximum atomic E-state index is 12.5. The van der Waals surface area contributed by atoms with Gasteiger partial charge in [0.05, 0.1) is 19.2 Å². The number of H-pyrrole nitrogens is 1. The van der Waals surface area contributed by atoms with Crippen molar-refractivity contribution in [1.29, 1.82) is 0 Å². The van der Waals surface area contributed by atoms with Gasteiger partial charge in [-0.3, -0.25) is 29.0 Å². The van der Waals surface area contributed by atoms with E-state index in [9.17, 15) is 14.4 Å². The molecular formula is C23H31N5O6. The maximum Gasteiger partial charge on any atom is 0.328 e. The monoisotopic (exact) mass is 473 g/mol. The molecule has 0 saturated carbocycles. The lowest BCUT2D eigenvalue weighted by Gasteiger charge is -2.37. The number of carbonyl (C=O) groups excluding carboxylic acids is 1. The highest BCUT2D eigenvalue weighted by Crippen LogP contribution is 2.39. The second-order valence-electron chi connectivity index (χ2n) is 9.32. The lowest BCUT2D eigenvalue weighted by Crippen LogP contribution is -2.55. The van der Waals surface area contributed by atoms with Gasteiger partial charge >= 0.3 is 5.69 Å². The first-order chi connectivity index (χ1) is 16.1. The van der Waals surface area contributed by atoms with Crippen molar-refractivity contribution in [3.05, 3.63) is 62.7 Å². The molecule has 2 aromatic rings. The largest absolute Gasteiger partial charge is 0.371 e. The highest BCUT2D eigenvalue weighted by molar-refractivity contribution is 5.78. The van der Waals surface area contributed by atoms with Crippen LogP contribution in [0.25, 0.3) is 0 Å². The van der Waals surface area contributed by atoms with Gasteiger partial charge in [-0.2, -0.15) is 0 Å². The Morgan fingerprint density at radius 2 is 2.09 bits per heavy atom. The minimum Gasteiger partial charge on any atom is -0.371 e. The van der Waals surface area contributed by atoms with Crippen molar-refractivity contribution in [2.75, 3.05) is 26.7 Å². The summed E-state index contributed by atoms with van der Waals surface area (Å²) in [4.78, 5) is 45.1. The van der Waals surface area contributed by atoms with E-state index >= 15 is 0 Å². The van der Waals surface area contributed by atoms with Gasteiger partial charge in [-0.25, -0.2) is 4.79 Å². The van der Waals surface area contributed by atoms with Crippen LogP contribution < -0.4 is 16.6 Å². The quantitative estimate of drug-likeness (QED) is 0.573. The Balaban J connectivity index is 1.39. The summed E-state index contributed by atoms with van der Waals surface area (Å²) in [6.45, 7) is 6.47. The molecule has 2 aromatic heterocycles. The molecule has 2 aliphatic rings. The van der Waals surface area contributed by atoms with E-state index in [1.54, 1.807) is 33.2 Å². The van der Waals surface area contributed by atoms with Crippen molar-refractivity contribution >= 4 is 5.91 Å². The third-order valence-corrected chi connectivity index (χ3v) is 5.98. The van der Waals surface area contributed by atoms with Crippen molar-refractivity contribution < 1.29 is 19.0 Å². The van der Waals surface area contributed by atoms with Crippen molar-refractivity contribution in [1.82, 2.24) is 24.8 Å². The standard InChI is InChI=1S/C23H31N5O6/c1-14-10-28(22(31)26-21(14)30)16-13-32-17(20-19(16)33-23(2,3)34-20)9-25-18(29)12-27(4)11-15-6-5-7-24-8-15/h5-8,10,16-17,19-20H,9,11-13H2,1-4H3,(H,25,29)(H,26,30,31)/t16-,17-,19+,20-/m1/s1. The number of hydrogen-bond acceptors (Lipinski definition) is 8. The van der Waals surface area contributed by atoms with E-state index in [1.807, 2.05) is 24.1 Å². The van der Waals surface area contributed by atoms with Crippen molar-refractivity contribution in [3.8, 4) is 0 Å². The summed E-state index contributed by atoms with van der Waals surface area (Å²) >= 11 is 0. The van der Waals surface area contributed by atoms with Crippen LogP contribution in [0, 0.1) is 6.92 Å². The fourth-order valence-electron chi connectivity index (χ4n) is 4.44. The molecule has 11 heteroatoms. The lowest BCUT2D eigenvalue weighted by molar-refractivity contribution is -0.153. The molecule has 0 aromatic carbocycles. The topological polar surface area (TPSA) is 128 Å². The number of fused-ring (bicyclic) bond motifs is 1. The summed E-state index contributed by atoms with van der Waals surface area (Å²) in [5.41, 5.74) is 0.486. The number of aryl methyl sites for hydroxylation is 1. The van der Waals surface area contributed by atoms with Crippen molar-refractivity contribution in [2.24, 2.45) is 0 Å². The van der Waals surface area contributed by atoms with E-state index in [4.69, 9.17) is 14.2 Å². The summed E-state index contributed by atoms with van der Waals surface area (Å²) in [7, 11) is 1.87. The molecule has 0 spiro atoms. The minimum absolute atomic E-state index is 0.140. The molecular weight excluding hydrogens is 442 g/mol. The molecule has 2 aliphatic heterocycles. The number of nitrogens with one attached hydrogen (secondary N) is 2. The van der Waals surface area contributed by atoms with Crippen LogP contribution in [0.2, 0.25) is 0 Å². The van der Waals surface area contributed by atoms with Crippen molar-refractivity contribution in [3.63, 3.8) is 0 Å². The number of aromatic amines is 1. The fourth-order valence-corrected chi connectivity index (χ4v) is 4.44. The predicted molar refractivity (Wildman–Crippen MR) is 122 cm³/mol. The summed E-state index contributed by atoms with van der Waals surface area (Å²) in [6.07, 6.45) is 3.57. The SMILES string of the molecule is Cc1cn([C@@H]2CO[C@H](CNC(=O)CN(C)Cc3cccnc3)[C@H]3OC(C)(C)O[C@H]32)c(=O)[nH]c1=O. The highest BCUT2D eigenvalue weighted by atomic mass is 16.8.